The lowest BCUT2D eigenvalue weighted by Gasteiger charge is -2.33. The number of alkyl carbamates (subject to hydrolysis) is 1. The summed E-state index contributed by atoms with van der Waals surface area (Å²) in [6.45, 7) is 8.07. The molecule has 0 saturated heterocycles. The van der Waals surface area contributed by atoms with Gasteiger partial charge in [0.2, 0.25) is 0 Å². The minimum atomic E-state index is -1.43. The molecule has 21 heavy (non-hydrogen) atoms. The maximum atomic E-state index is 13.7. The minimum absolute atomic E-state index is 0.226. The molecule has 6 heteroatoms. The monoisotopic (exact) mass is 301 g/mol. The van der Waals surface area contributed by atoms with Gasteiger partial charge in [0.25, 0.3) is 0 Å². The summed E-state index contributed by atoms with van der Waals surface area (Å²) in [5.74, 6) is -2.19. The molecule has 0 aliphatic carbocycles. The fraction of sp³-hybridized carbons (Fsp3) is 0.533. The number of rotatable bonds is 3. The van der Waals surface area contributed by atoms with Gasteiger partial charge in [-0.3, -0.25) is 0 Å². The quantitative estimate of drug-likeness (QED) is 0.900. The van der Waals surface area contributed by atoms with Gasteiger partial charge in [-0.05, 0) is 40.7 Å². The highest BCUT2D eigenvalue weighted by atomic mass is 19.2. The van der Waals surface area contributed by atoms with E-state index in [1.165, 1.54) is 26.0 Å². The lowest BCUT2D eigenvalue weighted by molar-refractivity contribution is 0.0282. The van der Waals surface area contributed by atoms with Crippen molar-refractivity contribution in [1.82, 2.24) is 5.32 Å². The van der Waals surface area contributed by atoms with E-state index in [2.05, 4.69) is 5.32 Å². The van der Waals surface area contributed by atoms with E-state index in [-0.39, 0.29) is 5.56 Å². The molecular weight excluding hydrogens is 280 g/mol. The molecule has 0 spiro atoms. The molecule has 4 nitrogen and oxygen atoms in total. The number of ether oxygens (including phenoxy) is 1. The molecule has 0 aliphatic heterocycles. The van der Waals surface area contributed by atoms with Crippen molar-refractivity contribution in [1.29, 1.82) is 0 Å². The van der Waals surface area contributed by atoms with Gasteiger partial charge in [-0.25, -0.2) is 13.6 Å². The van der Waals surface area contributed by atoms with E-state index in [9.17, 15) is 18.7 Å². The predicted molar refractivity (Wildman–Crippen MR) is 74.8 cm³/mol. The summed E-state index contributed by atoms with van der Waals surface area (Å²) in [5, 5.41) is 12.7. The topological polar surface area (TPSA) is 58.6 Å². The third-order valence-corrected chi connectivity index (χ3v) is 2.78. The van der Waals surface area contributed by atoms with Crippen LogP contribution in [-0.4, -0.2) is 22.3 Å². The smallest absolute Gasteiger partial charge is 0.408 e. The summed E-state index contributed by atoms with van der Waals surface area (Å²) in [6.07, 6.45) is -2.18. The third-order valence-electron chi connectivity index (χ3n) is 2.78. The van der Waals surface area contributed by atoms with Crippen LogP contribution < -0.4 is 5.32 Å². The Kier molecular flexibility index (Phi) is 4.94. The summed E-state index contributed by atoms with van der Waals surface area (Å²) in [7, 11) is 0. The van der Waals surface area contributed by atoms with Crippen molar-refractivity contribution in [3.05, 3.63) is 35.4 Å². The highest BCUT2D eigenvalue weighted by Gasteiger charge is 2.34. The van der Waals surface area contributed by atoms with Crippen LogP contribution in [0.4, 0.5) is 13.6 Å². The van der Waals surface area contributed by atoms with Crippen molar-refractivity contribution in [3.8, 4) is 0 Å². The molecule has 1 atom stereocenters. The first kappa shape index (κ1) is 17.4. The molecule has 0 saturated carbocycles. The number of carbonyl (C=O) groups excluding carboxylic acids is 1. The second kappa shape index (κ2) is 5.97. The largest absolute Gasteiger partial charge is 0.444 e. The Morgan fingerprint density at radius 3 is 2.33 bits per heavy atom. The van der Waals surface area contributed by atoms with E-state index in [4.69, 9.17) is 4.74 Å². The van der Waals surface area contributed by atoms with Crippen molar-refractivity contribution in [2.45, 2.75) is 51.9 Å². The van der Waals surface area contributed by atoms with Gasteiger partial charge in [0.15, 0.2) is 11.6 Å². The number of halogens is 2. The van der Waals surface area contributed by atoms with Crippen LogP contribution in [0.5, 0.6) is 0 Å². The Morgan fingerprint density at radius 2 is 1.81 bits per heavy atom. The van der Waals surface area contributed by atoms with Crippen LogP contribution in [0.3, 0.4) is 0 Å². The van der Waals surface area contributed by atoms with E-state index in [0.29, 0.717) is 0 Å². The van der Waals surface area contributed by atoms with Crippen LogP contribution in [0.25, 0.3) is 0 Å². The van der Waals surface area contributed by atoms with Crippen LogP contribution in [0.1, 0.15) is 46.3 Å². The summed E-state index contributed by atoms with van der Waals surface area (Å²) < 4.78 is 32.0. The maximum absolute atomic E-state index is 13.7. The standard InChI is InChI=1S/C15H21F2NO3/c1-14(2,3)21-13(20)18-15(4,5)12(19)9-7-6-8-10(16)11(9)17/h6-8,12,19H,1-5H3,(H,18,20). The van der Waals surface area contributed by atoms with Gasteiger partial charge in [-0.15, -0.1) is 0 Å². The lowest BCUT2D eigenvalue weighted by atomic mass is 9.91. The first-order chi connectivity index (χ1) is 9.44. The van der Waals surface area contributed by atoms with Crippen molar-refractivity contribution in [3.63, 3.8) is 0 Å². The van der Waals surface area contributed by atoms with Crippen molar-refractivity contribution in [2.24, 2.45) is 0 Å². The van der Waals surface area contributed by atoms with Crippen LogP contribution in [-0.2, 0) is 4.74 Å². The van der Waals surface area contributed by atoms with E-state index < -0.39 is 35.0 Å². The van der Waals surface area contributed by atoms with Crippen LogP contribution in [0, 0.1) is 11.6 Å². The van der Waals surface area contributed by atoms with Gasteiger partial charge in [0, 0.05) is 5.56 Å². The molecule has 0 radical (unpaired) electrons. The molecule has 1 aromatic carbocycles. The van der Waals surface area contributed by atoms with Gasteiger partial charge >= 0.3 is 6.09 Å². The molecule has 2 N–H and O–H groups in total. The molecular formula is C15H21F2NO3. The number of nitrogens with one attached hydrogen (secondary N) is 1. The molecule has 1 amide bonds. The molecule has 118 valence electrons. The Morgan fingerprint density at radius 1 is 1.24 bits per heavy atom. The number of carbonyl (C=O) groups is 1. The fourth-order valence-corrected chi connectivity index (χ4v) is 1.76. The zero-order chi connectivity index (χ0) is 16.4. The molecule has 0 fully saturated rings. The molecule has 1 rings (SSSR count). The summed E-state index contributed by atoms with van der Waals surface area (Å²) in [6, 6.07) is 3.52. The second-order valence-electron chi connectivity index (χ2n) is 6.39. The van der Waals surface area contributed by atoms with Gasteiger partial charge in [-0.1, -0.05) is 12.1 Å². The Balaban J connectivity index is 2.91. The third kappa shape index (κ3) is 4.67. The number of benzene rings is 1. The number of hydrogen-bond donors (Lipinski definition) is 2. The Bertz CT molecular complexity index is 524. The average Bonchev–Trinajstić information content (AvgIpc) is 2.28. The van der Waals surface area contributed by atoms with Gasteiger partial charge in [-0.2, -0.15) is 0 Å². The number of hydrogen-bond acceptors (Lipinski definition) is 3. The Hall–Kier alpha value is -1.69. The van der Waals surface area contributed by atoms with Crippen molar-refractivity contribution in [2.75, 3.05) is 0 Å². The minimum Gasteiger partial charge on any atom is -0.444 e. The summed E-state index contributed by atoms with van der Waals surface area (Å²) in [4.78, 5) is 11.7. The molecule has 0 aromatic heterocycles. The first-order valence-electron chi connectivity index (χ1n) is 6.57. The predicted octanol–water partition coefficient (Wildman–Crippen LogP) is 3.30. The van der Waals surface area contributed by atoms with E-state index in [1.54, 1.807) is 20.8 Å². The number of amides is 1. The maximum Gasteiger partial charge on any atom is 0.408 e. The zero-order valence-electron chi connectivity index (χ0n) is 12.8. The van der Waals surface area contributed by atoms with E-state index in [0.717, 1.165) is 6.07 Å². The molecule has 1 unspecified atom stereocenters. The molecule has 0 bridgehead atoms. The molecule has 0 aliphatic rings. The molecule has 1 aromatic rings. The van der Waals surface area contributed by atoms with Crippen LogP contribution in [0.2, 0.25) is 0 Å². The highest BCUT2D eigenvalue weighted by Crippen LogP contribution is 2.28. The van der Waals surface area contributed by atoms with Gasteiger partial charge in [0.1, 0.15) is 11.7 Å². The highest BCUT2D eigenvalue weighted by molar-refractivity contribution is 5.68. The van der Waals surface area contributed by atoms with Crippen LogP contribution >= 0.6 is 0 Å². The normalized spacial score (nSPS) is 13.7. The van der Waals surface area contributed by atoms with Crippen LogP contribution in [0.15, 0.2) is 18.2 Å². The average molecular weight is 301 g/mol. The Labute approximate surface area is 123 Å². The van der Waals surface area contributed by atoms with Crippen molar-refractivity contribution >= 4 is 6.09 Å². The summed E-state index contributed by atoms with van der Waals surface area (Å²) in [5.41, 5.74) is -2.16. The van der Waals surface area contributed by atoms with Crippen molar-refractivity contribution < 1.29 is 23.4 Å². The lowest BCUT2D eigenvalue weighted by Crippen LogP contribution is -2.49. The summed E-state index contributed by atoms with van der Waals surface area (Å²) >= 11 is 0. The van der Waals surface area contributed by atoms with E-state index >= 15 is 0 Å². The van der Waals surface area contributed by atoms with Gasteiger partial charge in [0.05, 0.1) is 5.54 Å². The van der Waals surface area contributed by atoms with Gasteiger partial charge < -0.3 is 15.2 Å². The number of aliphatic hydroxyl groups is 1. The second-order valence-corrected chi connectivity index (χ2v) is 6.39. The molecule has 0 heterocycles. The zero-order valence-corrected chi connectivity index (χ0v) is 12.8. The fourth-order valence-electron chi connectivity index (χ4n) is 1.76. The number of aliphatic hydroxyl groups excluding tert-OH is 1. The van der Waals surface area contributed by atoms with E-state index in [1.807, 2.05) is 0 Å². The SMILES string of the molecule is CC(C)(C)OC(=O)NC(C)(C)C(O)c1cccc(F)c1F. The first-order valence-corrected chi connectivity index (χ1v) is 6.57.